The number of hydrogen-bond acceptors (Lipinski definition) is 6. The van der Waals surface area contributed by atoms with Gasteiger partial charge in [-0.25, -0.2) is 4.98 Å². The number of nitrogens with zero attached hydrogens (tertiary/aromatic N) is 4. The molecule has 144 valence electrons. The molecule has 3 heterocycles. The number of likely N-dealkylation sites (tertiary alicyclic amines) is 1. The van der Waals surface area contributed by atoms with Crippen LogP contribution in [0.4, 0.5) is 0 Å². The quantitative estimate of drug-likeness (QED) is 0.895. The smallest absolute Gasteiger partial charge is 0.165 e. The second-order valence-corrected chi connectivity index (χ2v) is 7.60. The van der Waals surface area contributed by atoms with Gasteiger partial charge in [-0.2, -0.15) is 0 Å². The standard InChI is InChI=1S/C21H28N4O2/c1-15-13-22-16(2)20(23-15)17-11-18-14-25(8-7-24-5-3-4-6-24)9-10-27-21(18)19(26)12-17/h11-13,26H,3-10,14H2,1-2H3. The highest BCUT2D eigenvalue weighted by Gasteiger charge is 2.21. The van der Waals surface area contributed by atoms with Gasteiger partial charge in [0.05, 0.1) is 17.1 Å². The van der Waals surface area contributed by atoms with Crippen molar-refractivity contribution in [2.75, 3.05) is 39.3 Å². The summed E-state index contributed by atoms with van der Waals surface area (Å²) >= 11 is 0. The van der Waals surface area contributed by atoms with E-state index in [1.807, 2.05) is 13.8 Å². The van der Waals surface area contributed by atoms with E-state index >= 15 is 0 Å². The molecule has 0 aliphatic carbocycles. The number of hydrogen-bond donors (Lipinski definition) is 1. The predicted molar refractivity (Wildman–Crippen MR) is 105 cm³/mol. The molecular weight excluding hydrogens is 340 g/mol. The molecule has 2 aliphatic heterocycles. The number of benzene rings is 1. The summed E-state index contributed by atoms with van der Waals surface area (Å²) in [4.78, 5) is 14.0. The zero-order valence-corrected chi connectivity index (χ0v) is 16.2. The number of aromatic hydroxyl groups is 1. The van der Waals surface area contributed by atoms with Crippen LogP contribution in [-0.2, 0) is 6.54 Å². The second-order valence-electron chi connectivity index (χ2n) is 7.60. The fraction of sp³-hybridized carbons (Fsp3) is 0.524. The highest BCUT2D eigenvalue weighted by molar-refractivity contribution is 5.67. The van der Waals surface area contributed by atoms with Gasteiger partial charge in [0.25, 0.3) is 0 Å². The Morgan fingerprint density at radius 2 is 1.85 bits per heavy atom. The van der Waals surface area contributed by atoms with Crippen molar-refractivity contribution < 1.29 is 9.84 Å². The maximum atomic E-state index is 10.6. The molecule has 6 heteroatoms. The first-order valence-corrected chi connectivity index (χ1v) is 9.84. The summed E-state index contributed by atoms with van der Waals surface area (Å²) in [6, 6.07) is 3.84. The van der Waals surface area contributed by atoms with Crippen LogP contribution in [0.5, 0.6) is 11.5 Å². The highest BCUT2D eigenvalue weighted by Crippen LogP contribution is 2.37. The van der Waals surface area contributed by atoms with Gasteiger partial charge in [0, 0.05) is 43.5 Å². The highest BCUT2D eigenvalue weighted by atomic mass is 16.5. The van der Waals surface area contributed by atoms with Gasteiger partial charge < -0.3 is 14.7 Å². The van der Waals surface area contributed by atoms with Crippen molar-refractivity contribution in [2.45, 2.75) is 33.2 Å². The Balaban J connectivity index is 1.58. The van der Waals surface area contributed by atoms with E-state index in [4.69, 9.17) is 4.74 Å². The first-order chi connectivity index (χ1) is 13.1. The first kappa shape index (κ1) is 18.2. The van der Waals surface area contributed by atoms with E-state index in [9.17, 15) is 5.11 Å². The van der Waals surface area contributed by atoms with Crippen molar-refractivity contribution in [3.63, 3.8) is 0 Å². The Hall–Kier alpha value is -2.18. The lowest BCUT2D eigenvalue weighted by molar-refractivity contribution is 0.197. The van der Waals surface area contributed by atoms with Crippen LogP contribution in [-0.4, -0.2) is 64.2 Å². The van der Waals surface area contributed by atoms with E-state index in [0.29, 0.717) is 12.4 Å². The second kappa shape index (κ2) is 7.82. The van der Waals surface area contributed by atoms with Gasteiger partial charge in [0.15, 0.2) is 11.5 Å². The van der Waals surface area contributed by atoms with Gasteiger partial charge in [-0.05, 0) is 51.9 Å². The Kier molecular flexibility index (Phi) is 5.27. The number of aryl methyl sites for hydroxylation is 2. The van der Waals surface area contributed by atoms with Gasteiger partial charge in [-0.3, -0.25) is 9.88 Å². The number of phenols is 1. The van der Waals surface area contributed by atoms with E-state index in [1.54, 1.807) is 12.3 Å². The summed E-state index contributed by atoms with van der Waals surface area (Å²) in [5.74, 6) is 0.798. The van der Waals surface area contributed by atoms with Gasteiger partial charge in [-0.1, -0.05) is 0 Å². The van der Waals surface area contributed by atoms with Crippen LogP contribution in [0.15, 0.2) is 18.3 Å². The Bertz CT molecular complexity index is 818. The molecule has 0 atom stereocenters. The van der Waals surface area contributed by atoms with Crippen LogP contribution in [0.3, 0.4) is 0 Å². The number of ether oxygens (including phenoxy) is 1. The van der Waals surface area contributed by atoms with E-state index in [2.05, 4.69) is 25.8 Å². The Labute approximate surface area is 160 Å². The molecule has 0 radical (unpaired) electrons. The van der Waals surface area contributed by atoms with E-state index in [1.165, 1.54) is 25.9 Å². The molecule has 0 spiro atoms. The van der Waals surface area contributed by atoms with Gasteiger partial charge in [-0.15, -0.1) is 0 Å². The number of aromatic nitrogens is 2. The minimum Gasteiger partial charge on any atom is -0.504 e. The van der Waals surface area contributed by atoms with Gasteiger partial charge in [0.2, 0.25) is 0 Å². The SMILES string of the molecule is Cc1cnc(C)c(-c2cc(O)c3c(c2)CN(CCN2CCCC2)CCO3)n1. The van der Waals surface area contributed by atoms with E-state index < -0.39 is 0 Å². The lowest BCUT2D eigenvalue weighted by Crippen LogP contribution is -2.34. The van der Waals surface area contributed by atoms with Crippen LogP contribution < -0.4 is 4.74 Å². The molecule has 2 aromatic rings. The van der Waals surface area contributed by atoms with Crippen molar-refractivity contribution >= 4 is 0 Å². The molecule has 1 aromatic heterocycles. The van der Waals surface area contributed by atoms with Gasteiger partial charge >= 0.3 is 0 Å². The summed E-state index contributed by atoms with van der Waals surface area (Å²) < 4.78 is 5.88. The number of fused-ring (bicyclic) bond motifs is 1. The molecule has 1 saturated heterocycles. The summed E-state index contributed by atoms with van der Waals surface area (Å²) in [5, 5.41) is 10.6. The third kappa shape index (κ3) is 4.06. The molecule has 1 N–H and O–H groups in total. The van der Waals surface area contributed by atoms with Crippen molar-refractivity contribution in [2.24, 2.45) is 0 Å². The van der Waals surface area contributed by atoms with Crippen LogP contribution >= 0.6 is 0 Å². The number of rotatable bonds is 4. The average molecular weight is 368 g/mol. The van der Waals surface area contributed by atoms with Crippen molar-refractivity contribution in [3.8, 4) is 22.8 Å². The fourth-order valence-corrected chi connectivity index (χ4v) is 3.98. The zero-order chi connectivity index (χ0) is 18.8. The molecule has 1 fully saturated rings. The summed E-state index contributed by atoms with van der Waals surface area (Å²) in [5.41, 5.74) is 4.46. The largest absolute Gasteiger partial charge is 0.504 e. The van der Waals surface area contributed by atoms with Crippen LogP contribution in [0.1, 0.15) is 29.8 Å². The molecule has 0 amide bonds. The molecule has 4 rings (SSSR count). The average Bonchev–Trinajstić information content (AvgIpc) is 3.08. The molecule has 6 nitrogen and oxygen atoms in total. The maximum absolute atomic E-state index is 10.6. The molecule has 0 unspecified atom stereocenters. The zero-order valence-electron chi connectivity index (χ0n) is 16.2. The molecule has 0 saturated carbocycles. The van der Waals surface area contributed by atoms with Crippen LogP contribution in [0.2, 0.25) is 0 Å². The van der Waals surface area contributed by atoms with Crippen molar-refractivity contribution in [1.82, 2.24) is 19.8 Å². The first-order valence-electron chi connectivity index (χ1n) is 9.84. The Morgan fingerprint density at radius 3 is 2.67 bits per heavy atom. The Morgan fingerprint density at radius 1 is 1.07 bits per heavy atom. The predicted octanol–water partition coefficient (Wildman–Crippen LogP) is 2.76. The third-order valence-electron chi connectivity index (χ3n) is 5.47. The van der Waals surface area contributed by atoms with E-state index in [-0.39, 0.29) is 5.75 Å². The summed E-state index contributed by atoms with van der Waals surface area (Å²) in [6.07, 6.45) is 4.41. The topological polar surface area (TPSA) is 61.7 Å². The molecule has 27 heavy (non-hydrogen) atoms. The van der Waals surface area contributed by atoms with E-state index in [0.717, 1.165) is 54.4 Å². The molecule has 0 bridgehead atoms. The normalized spacial score (nSPS) is 18.1. The molecule has 2 aliphatic rings. The lowest BCUT2D eigenvalue weighted by Gasteiger charge is -2.23. The van der Waals surface area contributed by atoms with Crippen molar-refractivity contribution in [3.05, 3.63) is 35.3 Å². The fourth-order valence-electron chi connectivity index (χ4n) is 3.98. The third-order valence-corrected chi connectivity index (χ3v) is 5.47. The summed E-state index contributed by atoms with van der Waals surface area (Å²) in [7, 11) is 0. The molecular formula is C21H28N4O2. The minimum absolute atomic E-state index is 0.187. The van der Waals surface area contributed by atoms with Crippen LogP contribution in [0, 0.1) is 13.8 Å². The minimum atomic E-state index is 0.187. The lowest BCUT2D eigenvalue weighted by atomic mass is 10.0. The van der Waals surface area contributed by atoms with Crippen LogP contribution in [0.25, 0.3) is 11.3 Å². The monoisotopic (exact) mass is 368 g/mol. The summed E-state index contributed by atoms with van der Waals surface area (Å²) in [6.45, 7) is 10.7. The van der Waals surface area contributed by atoms with Gasteiger partial charge in [0.1, 0.15) is 6.61 Å². The van der Waals surface area contributed by atoms with Crippen molar-refractivity contribution in [1.29, 1.82) is 0 Å². The maximum Gasteiger partial charge on any atom is 0.165 e. The number of phenolic OH excluding ortho intramolecular Hbond substituents is 1. The molecule has 1 aromatic carbocycles.